The van der Waals surface area contributed by atoms with Gasteiger partial charge in [-0.25, -0.2) is 15.0 Å². The van der Waals surface area contributed by atoms with Gasteiger partial charge in [-0.2, -0.15) is 5.26 Å². The fourth-order valence-corrected chi connectivity index (χ4v) is 14.8. The number of rotatable bonds is 11. The molecular weight excluding hydrogens is 1260 g/mol. The third kappa shape index (κ3) is 12.6. The third-order valence-corrected chi connectivity index (χ3v) is 20.8. The van der Waals surface area contributed by atoms with Gasteiger partial charge in [0.15, 0.2) is 17.5 Å². The van der Waals surface area contributed by atoms with Crippen molar-refractivity contribution in [3.63, 3.8) is 0 Å². The lowest BCUT2D eigenvalue weighted by Gasteiger charge is -2.26. The van der Waals surface area contributed by atoms with Gasteiger partial charge in [0, 0.05) is 49.4 Å². The molecule has 6 heteroatoms. The SMILES string of the molecule is CC(C)(C)c1cc(-c2nc(-c3cc(C(C)(C)C)cc(C(C)(C)C)c3)nc(-c3ccc(-n4c5ccc(-c6ccccc6)cc5c5cc(-c6ccccc6)ccc54)c(-c4ccc(-c5ccc(C#N)cc5)cc4-n4c5ccc(-c6ccccc6)cc5c5cc(-c6ccccc6)ccc54)c3)n2)cc(C(C)(C)C)c1. The highest BCUT2D eigenvalue weighted by Gasteiger charge is 2.29. The monoisotopic (exact) mass is 1340 g/mol. The Labute approximate surface area is 611 Å². The van der Waals surface area contributed by atoms with Crippen LogP contribution in [0.15, 0.2) is 291 Å². The zero-order chi connectivity index (χ0) is 72.0. The first-order chi connectivity index (χ1) is 50.0. The molecule has 3 heterocycles. The van der Waals surface area contributed by atoms with Crippen LogP contribution in [0.5, 0.6) is 0 Å². The second-order valence-corrected chi connectivity index (χ2v) is 32.1. The summed E-state index contributed by atoms with van der Waals surface area (Å²) in [7, 11) is 0. The largest absolute Gasteiger partial charge is 0.309 e. The van der Waals surface area contributed by atoms with E-state index in [-0.39, 0.29) is 21.7 Å². The van der Waals surface area contributed by atoms with Gasteiger partial charge in [-0.1, -0.05) is 265 Å². The molecule has 0 N–H and O–H groups in total. The number of hydrogen-bond acceptors (Lipinski definition) is 4. The maximum atomic E-state index is 10.1. The summed E-state index contributed by atoms with van der Waals surface area (Å²) in [5.41, 5.74) is 26.9. The van der Waals surface area contributed by atoms with E-state index in [0.717, 1.165) is 138 Å². The highest BCUT2D eigenvalue weighted by molar-refractivity contribution is 6.14. The summed E-state index contributed by atoms with van der Waals surface area (Å²) in [4.78, 5) is 17.1. The average molecular weight is 1350 g/mol. The second-order valence-electron chi connectivity index (χ2n) is 32.1. The van der Waals surface area contributed by atoms with Crippen LogP contribution in [-0.4, -0.2) is 24.1 Å². The first kappa shape index (κ1) is 66.5. The maximum absolute atomic E-state index is 10.1. The molecule has 0 saturated heterocycles. The molecule has 16 aromatic rings. The summed E-state index contributed by atoms with van der Waals surface area (Å²) in [5, 5.41) is 14.7. The molecule has 506 valence electrons. The van der Waals surface area contributed by atoms with Crippen LogP contribution < -0.4 is 0 Å². The molecule has 0 aliphatic rings. The van der Waals surface area contributed by atoms with E-state index < -0.39 is 0 Å². The lowest BCUT2D eigenvalue weighted by Crippen LogP contribution is -2.17. The van der Waals surface area contributed by atoms with E-state index in [1.807, 2.05) is 12.1 Å². The topological polar surface area (TPSA) is 72.3 Å². The molecule has 0 aliphatic carbocycles. The van der Waals surface area contributed by atoms with Crippen molar-refractivity contribution in [1.29, 1.82) is 5.26 Å². The summed E-state index contributed by atoms with van der Waals surface area (Å²) < 4.78 is 4.97. The molecule has 0 bridgehead atoms. The number of nitriles is 1. The molecule has 0 atom stereocenters. The van der Waals surface area contributed by atoms with Gasteiger partial charge < -0.3 is 9.13 Å². The minimum absolute atomic E-state index is 0.167. The standard InChI is InChI=1S/C98H84N6/c1-95(2,3)76-49-74(50-77(59-76)96(4,5)6)93-100-92(101-94(102-93)75-51-78(97(7,8)9)60-79(52-75)98(10,11)12)73-42-48-86(103-87-44-38-68(63-25-17-13-18-26-63)53-82(87)83-54-69(39-45-88(83)103)64-27-19-14-20-28-64)81(57-73)80-43-37-72(67-35-33-62(61-99)34-36-67)58-91(80)104-89-46-40-70(65-29-21-15-22-30-65)55-84(89)85-56-71(41-47-90(85)104)66-31-23-16-24-32-66/h13-60H,1-12H3. The lowest BCUT2D eigenvalue weighted by atomic mass is 9.79. The Morgan fingerprint density at radius 1 is 0.240 bits per heavy atom. The van der Waals surface area contributed by atoms with Crippen molar-refractivity contribution in [3.8, 4) is 118 Å². The molecule has 0 spiro atoms. The van der Waals surface area contributed by atoms with E-state index in [2.05, 4.69) is 377 Å². The fourth-order valence-electron chi connectivity index (χ4n) is 14.8. The van der Waals surface area contributed by atoms with Gasteiger partial charge in [-0.05, 0) is 209 Å². The van der Waals surface area contributed by atoms with Crippen molar-refractivity contribution in [2.45, 2.75) is 105 Å². The van der Waals surface area contributed by atoms with Gasteiger partial charge in [-0.15, -0.1) is 0 Å². The first-order valence-electron chi connectivity index (χ1n) is 36.3. The Kier molecular flexibility index (Phi) is 16.5. The van der Waals surface area contributed by atoms with E-state index in [1.165, 1.54) is 22.3 Å². The molecular formula is C98H84N6. The molecule has 13 aromatic carbocycles. The quantitative estimate of drug-likeness (QED) is 0.129. The maximum Gasteiger partial charge on any atom is 0.164 e. The molecule has 3 aromatic heterocycles. The molecule has 0 unspecified atom stereocenters. The Balaban J connectivity index is 1.04. The zero-order valence-electron chi connectivity index (χ0n) is 61.4. The van der Waals surface area contributed by atoms with E-state index in [4.69, 9.17) is 15.0 Å². The summed E-state index contributed by atoms with van der Waals surface area (Å²) in [5.74, 6) is 1.78. The van der Waals surface area contributed by atoms with Gasteiger partial charge in [0.05, 0.1) is 45.1 Å². The van der Waals surface area contributed by atoms with E-state index in [0.29, 0.717) is 23.0 Å². The number of hydrogen-bond donors (Lipinski definition) is 0. The van der Waals surface area contributed by atoms with Gasteiger partial charge >= 0.3 is 0 Å². The smallest absolute Gasteiger partial charge is 0.164 e. The third-order valence-electron chi connectivity index (χ3n) is 20.8. The molecule has 6 nitrogen and oxygen atoms in total. The van der Waals surface area contributed by atoms with Crippen molar-refractivity contribution in [2.24, 2.45) is 0 Å². The summed E-state index contributed by atoms with van der Waals surface area (Å²) in [6.07, 6.45) is 0. The van der Waals surface area contributed by atoms with Gasteiger partial charge in [0.2, 0.25) is 0 Å². The van der Waals surface area contributed by atoms with Crippen molar-refractivity contribution in [2.75, 3.05) is 0 Å². The van der Waals surface area contributed by atoms with Crippen LogP contribution in [0.4, 0.5) is 0 Å². The van der Waals surface area contributed by atoms with E-state index in [9.17, 15) is 5.26 Å². The van der Waals surface area contributed by atoms with Crippen LogP contribution in [0.3, 0.4) is 0 Å². The fraction of sp³-hybridized carbons (Fsp3) is 0.163. The van der Waals surface area contributed by atoms with Crippen LogP contribution in [0, 0.1) is 11.3 Å². The van der Waals surface area contributed by atoms with Crippen molar-refractivity contribution in [1.82, 2.24) is 24.1 Å². The second kappa shape index (κ2) is 25.8. The minimum atomic E-state index is -0.167. The van der Waals surface area contributed by atoms with Gasteiger partial charge in [-0.3, -0.25) is 0 Å². The summed E-state index contributed by atoms with van der Waals surface area (Å²) in [6, 6.07) is 109. The Hall–Kier alpha value is -12.0. The highest BCUT2D eigenvalue weighted by atomic mass is 15.0. The van der Waals surface area contributed by atoms with Crippen LogP contribution in [0.1, 0.15) is 111 Å². The lowest BCUT2D eigenvalue weighted by molar-refractivity contribution is 0.568. The molecule has 0 saturated carbocycles. The predicted molar refractivity (Wildman–Crippen MR) is 437 cm³/mol. The molecule has 0 amide bonds. The van der Waals surface area contributed by atoms with Crippen molar-refractivity contribution in [3.05, 3.63) is 319 Å². The van der Waals surface area contributed by atoms with Crippen LogP contribution >= 0.6 is 0 Å². The van der Waals surface area contributed by atoms with Crippen LogP contribution in [0.25, 0.3) is 156 Å². The molecule has 0 radical (unpaired) electrons. The normalized spacial score (nSPS) is 12.2. The number of aromatic nitrogens is 5. The van der Waals surface area contributed by atoms with Gasteiger partial charge in [0.1, 0.15) is 0 Å². The van der Waals surface area contributed by atoms with Gasteiger partial charge in [0.25, 0.3) is 0 Å². The Morgan fingerprint density at radius 3 is 0.865 bits per heavy atom. The zero-order valence-corrected chi connectivity index (χ0v) is 61.4. The Morgan fingerprint density at radius 2 is 0.529 bits per heavy atom. The van der Waals surface area contributed by atoms with E-state index >= 15 is 0 Å². The molecule has 0 aliphatic heterocycles. The average Bonchev–Trinajstić information content (AvgIpc) is 1.55. The Bertz CT molecular complexity index is 5690. The first-order valence-corrected chi connectivity index (χ1v) is 36.3. The van der Waals surface area contributed by atoms with Crippen molar-refractivity contribution < 1.29 is 0 Å². The molecule has 0 fully saturated rings. The molecule has 104 heavy (non-hydrogen) atoms. The van der Waals surface area contributed by atoms with E-state index in [1.54, 1.807) is 0 Å². The highest BCUT2D eigenvalue weighted by Crippen LogP contribution is 2.47. The van der Waals surface area contributed by atoms with Crippen LogP contribution in [0.2, 0.25) is 0 Å². The minimum Gasteiger partial charge on any atom is -0.309 e. The number of benzene rings is 13. The summed E-state index contributed by atoms with van der Waals surface area (Å²) >= 11 is 0. The number of nitrogens with zero attached hydrogens (tertiary/aromatic N) is 6. The van der Waals surface area contributed by atoms with Crippen LogP contribution in [-0.2, 0) is 21.7 Å². The number of fused-ring (bicyclic) bond motifs is 6. The van der Waals surface area contributed by atoms with Crippen molar-refractivity contribution >= 4 is 43.6 Å². The predicted octanol–water partition coefficient (Wildman–Crippen LogP) is 26.1. The molecule has 16 rings (SSSR count). The summed E-state index contributed by atoms with van der Waals surface area (Å²) in [6.45, 7) is 27.4.